The Morgan fingerprint density at radius 1 is 1.00 bits per heavy atom. The first-order valence-electron chi connectivity index (χ1n) is 7.84. The minimum atomic E-state index is -3.50. The molecule has 3 rings (SSSR count). The van der Waals surface area contributed by atoms with Crippen molar-refractivity contribution in [1.82, 2.24) is 0 Å². The Balaban J connectivity index is 2.02. The molecule has 1 saturated carbocycles. The van der Waals surface area contributed by atoms with Gasteiger partial charge < -0.3 is 16.2 Å². The Morgan fingerprint density at radius 2 is 1.58 bits per heavy atom. The smallest absolute Gasteiger partial charge is 0.182 e. The summed E-state index contributed by atoms with van der Waals surface area (Å²) in [7, 11) is -1.91. The summed E-state index contributed by atoms with van der Waals surface area (Å²) in [5.74, 6) is 0.525. The summed E-state index contributed by atoms with van der Waals surface area (Å²) in [4.78, 5) is 0.317. The van der Waals surface area contributed by atoms with Gasteiger partial charge in [0.05, 0.1) is 17.3 Å². The first-order chi connectivity index (χ1) is 11.5. The highest BCUT2D eigenvalue weighted by Crippen LogP contribution is 2.63. The summed E-state index contributed by atoms with van der Waals surface area (Å²) in [6.45, 7) is 0.466. The van der Waals surface area contributed by atoms with Gasteiger partial charge in [0.2, 0.25) is 0 Å². The van der Waals surface area contributed by atoms with Gasteiger partial charge in [0.25, 0.3) is 0 Å². The van der Waals surface area contributed by atoms with Gasteiger partial charge in [-0.15, -0.1) is 0 Å². The summed E-state index contributed by atoms with van der Waals surface area (Å²) in [5.41, 5.74) is 12.2. The van der Waals surface area contributed by atoms with Gasteiger partial charge in [0.15, 0.2) is 9.84 Å². The maximum absolute atomic E-state index is 13.1. The van der Waals surface area contributed by atoms with Crippen molar-refractivity contribution in [2.75, 3.05) is 20.2 Å². The Kier molecular flexibility index (Phi) is 4.38. The third-order valence-electron chi connectivity index (χ3n) is 5.02. The van der Waals surface area contributed by atoms with Crippen LogP contribution in [0.3, 0.4) is 0 Å². The summed E-state index contributed by atoms with van der Waals surface area (Å²) in [6, 6.07) is 15.9. The SMILES string of the molecule is COc1ccc([C@@H]2[C@@H](S(=O)(=O)c3ccccc3)C2(CN)CN)cc1. The van der Waals surface area contributed by atoms with Crippen molar-refractivity contribution in [3.8, 4) is 5.75 Å². The highest BCUT2D eigenvalue weighted by molar-refractivity contribution is 7.92. The fourth-order valence-corrected chi connectivity index (χ4v) is 6.08. The van der Waals surface area contributed by atoms with E-state index in [0.29, 0.717) is 4.90 Å². The third kappa shape index (κ3) is 2.51. The van der Waals surface area contributed by atoms with Crippen molar-refractivity contribution in [3.05, 3.63) is 60.2 Å². The van der Waals surface area contributed by atoms with Crippen LogP contribution in [0.25, 0.3) is 0 Å². The highest BCUT2D eigenvalue weighted by Gasteiger charge is 2.69. The average Bonchev–Trinajstić information content (AvgIpc) is 3.33. The quantitative estimate of drug-likeness (QED) is 0.827. The molecule has 128 valence electrons. The second kappa shape index (κ2) is 6.20. The number of nitrogens with two attached hydrogens (primary N) is 2. The molecule has 0 aliphatic heterocycles. The van der Waals surface area contributed by atoms with Crippen LogP contribution in [-0.2, 0) is 9.84 Å². The fourth-order valence-electron chi connectivity index (χ4n) is 3.59. The summed E-state index contributed by atoms with van der Waals surface area (Å²) in [6.07, 6.45) is 0. The number of sulfone groups is 1. The number of rotatable bonds is 6. The fraction of sp³-hybridized carbons (Fsp3) is 0.333. The molecule has 1 aliphatic carbocycles. The van der Waals surface area contributed by atoms with E-state index in [-0.39, 0.29) is 19.0 Å². The van der Waals surface area contributed by atoms with Crippen molar-refractivity contribution in [2.24, 2.45) is 16.9 Å². The lowest BCUT2D eigenvalue weighted by Crippen LogP contribution is -2.31. The Morgan fingerprint density at radius 3 is 2.08 bits per heavy atom. The van der Waals surface area contributed by atoms with Gasteiger partial charge in [-0.05, 0) is 29.8 Å². The van der Waals surface area contributed by atoms with E-state index in [1.54, 1.807) is 37.4 Å². The zero-order valence-electron chi connectivity index (χ0n) is 13.6. The molecule has 0 amide bonds. The first kappa shape index (κ1) is 17.0. The van der Waals surface area contributed by atoms with Gasteiger partial charge in [0.1, 0.15) is 5.75 Å². The van der Waals surface area contributed by atoms with E-state index in [9.17, 15) is 8.42 Å². The number of ether oxygens (including phenoxy) is 1. The second-order valence-corrected chi connectivity index (χ2v) is 8.24. The number of hydrogen-bond donors (Lipinski definition) is 2. The first-order valence-corrected chi connectivity index (χ1v) is 9.39. The van der Waals surface area contributed by atoms with Gasteiger partial charge in [0, 0.05) is 24.4 Å². The van der Waals surface area contributed by atoms with Gasteiger partial charge >= 0.3 is 0 Å². The number of hydrogen-bond acceptors (Lipinski definition) is 5. The standard InChI is InChI=1S/C18H22N2O3S/c1-23-14-9-7-13(8-10-14)16-17(18(16,11-19)12-20)24(21,22)15-5-3-2-4-6-15/h2-10,16-17H,11-12,19-20H2,1H3/t16-,17-/m1/s1. The van der Waals surface area contributed by atoms with E-state index in [4.69, 9.17) is 16.2 Å². The van der Waals surface area contributed by atoms with Crippen molar-refractivity contribution < 1.29 is 13.2 Å². The van der Waals surface area contributed by atoms with Crippen LogP contribution >= 0.6 is 0 Å². The molecule has 1 aliphatic rings. The van der Waals surface area contributed by atoms with Crippen molar-refractivity contribution in [3.63, 3.8) is 0 Å². The molecule has 1 fully saturated rings. The largest absolute Gasteiger partial charge is 0.497 e. The Hall–Kier alpha value is -1.89. The predicted octanol–water partition coefficient (Wildman–Crippen LogP) is 1.54. The molecule has 0 radical (unpaired) electrons. The molecule has 6 heteroatoms. The summed E-state index contributed by atoms with van der Waals surface area (Å²) < 4.78 is 31.4. The Labute approximate surface area is 142 Å². The number of benzene rings is 2. The lowest BCUT2D eigenvalue weighted by molar-refractivity contribution is 0.414. The van der Waals surface area contributed by atoms with E-state index in [2.05, 4.69) is 0 Å². The highest BCUT2D eigenvalue weighted by atomic mass is 32.2. The molecule has 0 aromatic heterocycles. The van der Waals surface area contributed by atoms with Crippen LogP contribution in [0, 0.1) is 5.41 Å². The molecular formula is C18H22N2O3S. The predicted molar refractivity (Wildman–Crippen MR) is 93.7 cm³/mol. The molecule has 4 N–H and O–H groups in total. The average molecular weight is 346 g/mol. The molecule has 24 heavy (non-hydrogen) atoms. The van der Waals surface area contributed by atoms with E-state index < -0.39 is 20.5 Å². The van der Waals surface area contributed by atoms with E-state index in [1.165, 1.54) is 0 Å². The van der Waals surface area contributed by atoms with Crippen LogP contribution in [-0.4, -0.2) is 33.9 Å². The molecule has 0 spiro atoms. The van der Waals surface area contributed by atoms with Gasteiger partial charge in [-0.3, -0.25) is 0 Å². The van der Waals surface area contributed by atoms with Gasteiger partial charge in [-0.25, -0.2) is 8.42 Å². The van der Waals surface area contributed by atoms with Crippen LogP contribution in [0.5, 0.6) is 5.75 Å². The molecule has 0 saturated heterocycles. The minimum Gasteiger partial charge on any atom is -0.497 e. The third-order valence-corrected chi connectivity index (χ3v) is 7.36. The van der Waals surface area contributed by atoms with E-state index in [0.717, 1.165) is 11.3 Å². The van der Waals surface area contributed by atoms with Crippen LogP contribution in [0.2, 0.25) is 0 Å². The molecule has 5 nitrogen and oxygen atoms in total. The summed E-state index contributed by atoms with van der Waals surface area (Å²) in [5, 5.41) is -0.601. The van der Waals surface area contributed by atoms with Crippen LogP contribution in [0.15, 0.2) is 59.5 Å². The molecule has 2 aromatic rings. The van der Waals surface area contributed by atoms with Gasteiger partial charge in [-0.1, -0.05) is 30.3 Å². The molecule has 2 atom stereocenters. The Bertz CT molecular complexity index is 800. The lowest BCUT2D eigenvalue weighted by Gasteiger charge is -2.13. The normalized spacial score (nSPS) is 22.1. The van der Waals surface area contributed by atoms with Crippen molar-refractivity contribution in [1.29, 1.82) is 0 Å². The van der Waals surface area contributed by atoms with Crippen molar-refractivity contribution >= 4 is 9.84 Å². The summed E-state index contributed by atoms with van der Waals surface area (Å²) >= 11 is 0. The van der Waals surface area contributed by atoms with E-state index in [1.807, 2.05) is 24.3 Å². The molecule has 2 aromatic carbocycles. The monoisotopic (exact) mass is 346 g/mol. The zero-order chi connectivity index (χ0) is 17.4. The van der Waals surface area contributed by atoms with Crippen molar-refractivity contribution in [2.45, 2.75) is 16.1 Å². The molecular weight excluding hydrogens is 324 g/mol. The van der Waals surface area contributed by atoms with Crippen LogP contribution in [0.4, 0.5) is 0 Å². The number of methoxy groups -OCH3 is 1. The minimum absolute atomic E-state index is 0.205. The maximum atomic E-state index is 13.1. The molecule has 0 bridgehead atoms. The molecule has 0 unspecified atom stereocenters. The second-order valence-electron chi connectivity index (χ2n) is 6.17. The maximum Gasteiger partial charge on any atom is 0.182 e. The zero-order valence-corrected chi connectivity index (χ0v) is 14.4. The van der Waals surface area contributed by atoms with Crippen LogP contribution in [0.1, 0.15) is 11.5 Å². The topological polar surface area (TPSA) is 95.4 Å². The van der Waals surface area contributed by atoms with E-state index >= 15 is 0 Å². The van der Waals surface area contributed by atoms with Crippen LogP contribution < -0.4 is 16.2 Å². The lowest BCUT2D eigenvalue weighted by atomic mass is 9.99. The van der Waals surface area contributed by atoms with Gasteiger partial charge in [-0.2, -0.15) is 0 Å². The molecule has 0 heterocycles.